The van der Waals surface area contributed by atoms with Crippen molar-refractivity contribution in [1.82, 2.24) is 4.98 Å². The van der Waals surface area contributed by atoms with Crippen molar-refractivity contribution in [1.29, 1.82) is 0 Å². The highest BCUT2D eigenvalue weighted by Crippen LogP contribution is 2.46. The molecule has 5 nitrogen and oxygen atoms in total. The monoisotopic (exact) mass is 278 g/mol. The molecule has 5 heteroatoms. The summed E-state index contributed by atoms with van der Waals surface area (Å²) in [6, 6.07) is 5.09. The maximum Gasteiger partial charge on any atom is 0.126 e. The number of pyridine rings is 1. The van der Waals surface area contributed by atoms with E-state index in [1.165, 1.54) is 0 Å². The zero-order chi connectivity index (χ0) is 14.4. The van der Waals surface area contributed by atoms with E-state index in [-0.39, 0.29) is 18.1 Å². The minimum atomic E-state index is -1.04. The average Bonchev–Trinajstić information content (AvgIpc) is 2.63. The topological polar surface area (TPSA) is 74.6 Å². The van der Waals surface area contributed by atoms with E-state index in [2.05, 4.69) is 10.3 Å². The molecule has 0 aromatic carbocycles. The third kappa shape index (κ3) is 2.30. The van der Waals surface area contributed by atoms with E-state index in [4.69, 9.17) is 4.74 Å². The quantitative estimate of drug-likeness (QED) is 0.757. The molecule has 4 atom stereocenters. The minimum absolute atomic E-state index is 0.0439. The van der Waals surface area contributed by atoms with Crippen LogP contribution in [0.25, 0.3) is 0 Å². The molecule has 2 aliphatic rings. The second-order valence-electron chi connectivity index (χ2n) is 6.58. The molecule has 3 N–H and O–H groups in total. The third-order valence-corrected chi connectivity index (χ3v) is 4.56. The molecule has 1 saturated carbocycles. The number of nitrogens with one attached hydrogen (secondary N) is 1. The normalized spacial score (nSPS) is 39.3. The van der Waals surface area contributed by atoms with Gasteiger partial charge in [0.15, 0.2) is 0 Å². The van der Waals surface area contributed by atoms with Crippen LogP contribution in [-0.4, -0.2) is 45.2 Å². The van der Waals surface area contributed by atoms with Crippen molar-refractivity contribution in [3.05, 3.63) is 24.4 Å². The first-order valence-corrected chi connectivity index (χ1v) is 7.13. The molecular weight excluding hydrogens is 256 g/mol. The Morgan fingerprint density at radius 1 is 1.40 bits per heavy atom. The molecule has 110 valence electrons. The Bertz CT molecular complexity index is 479. The number of aliphatic hydroxyl groups excluding tert-OH is 1. The summed E-state index contributed by atoms with van der Waals surface area (Å²) in [7, 11) is 0. The van der Waals surface area contributed by atoms with Crippen molar-refractivity contribution in [2.75, 3.05) is 11.9 Å². The maximum absolute atomic E-state index is 11.0. The van der Waals surface area contributed by atoms with Crippen LogP contribution in [-0.2, 0) is 4.74 Å². The summed E-state index contributed by atoms with van der Waals surface area (Å²) in [6.07, 6.45) is 2.44. The van der Waals surface area contributed by atoms with Crippen molar-refractivity contribution in [2.45, 2.75) is 50.0 Å². The Balaban J connectivity index is 1.81. The van der Waals surface area contributed by atoms with E-state index >= 15 is 0 Å². The lowest BCUT2D eigenvalue weighted by molar-refractivity contribution is -0.179. The predicted octanol–water partition coefficient (Wildman–Crippen LogP) is 1.17. The van der Waals surface area contributed by atoms with Crippen molar-refractivity contribution in [3.8, 4) is 0 Å². The van der Waals surface area contributed by atoms with Gasteiger partial charge in [0.05, 0.1) is 24.4 Å². The molecular formula is C15H22N2O3. The number of hydrogen-bond donors (Lipinski definition) is 3. The molecule has 1 saturated heterocycles. The summed E-state index contributed by atoms with van der Waals surface area (Å²) in [5, 5.41) is 24.4. The van der Waals surface area contributed by atoms with Crippen molar-refractivity contribution >= 4 is 5.82 Å². The van der Waals surface area contributed by atoms with Gasteiger partial charge in [-0.15, -0.1) is 0 Å². The van der Waals surface area contributed by atoms with Crippen LogP contribution in [0, 0.1) is 5.92 Å². The molecule has 3 rings (SSSR count). The third-order valence-electron chi connectivity index (χ3n) is 4.56. The maximum atomic E-state index is 11.0. The van der Waals surface area contributed by atoms with Gasteiger partial charge in [-0.2, -0.15) is 0 Å². The molecule has 1 aliphatic heterocycles. The first kappa shape index (κ1) is 13.8. The molecule has 0 amide bonds. The van der Waals surface area contributed by atoms with Gasteiger partial charge in [0.2, 0.25) is 0 Å². The number of ether oxygens (including phenoxy) is 1. The first-order valence-electron chi connectivity index (χ1n) is 7.13. The number of aromatic nitrogens is 1. The fourth-order valence-corrected chi connectivity index (χ4v) is 3.48. The molecule has 0 spiro atoms. The van der Waals surface area contributed by atoms with Crippen molar-refractivity contribution in [2.24, 2.45) is 5.92 Å². The smallest absolute Gasteiger partial charge is 0.126 e. The van der Waals surface area contributed by atoms with E-state index in [1.807, 2.05) is 32.0 Å². The van der Waals surface area contributed by atoms with Crippen LogP contribution in [0.4, 0.5) is 5.82 Å². The van der Waals surface area contributed by atoms with Crippen molar-refractivity contribution in [3.63, 3.8) is 0 Å². The first-order chi connectivity index (χ1) is 9.41. The standard InChI is InChI=1S/C15H22N2O3/c1-14(2)8-10-7-11(18)13(15(10,19)9-20-14)17-12-5-3-4-6-16-12/h3-6,10-11,13,18-19H,7-9H2,1-2H3,(H,16,17)/t10-,11-,13+,15+/m1/s1. The lowest BCUT2D eigenvalue weighted by Gasteiger charge is -2.45. The van der Waals surface area contributed by atoms with E-state index in [0.717, 1.165) is 6.42 Å². The van der Waals surface area contributed by atoms with Gasteiger partial charge in [-0.3, -0.25) is 0 Å². The summed E-state index contributed by atoms with van der Waals surface area (Å²) in [5.74, 6) is 0.706. The summed E-state index contributed by atoms with van der Waals surface area (Å²) >= 11 is 0. The Labute approximate surface area is 119 Å². The van der Waals surface area contributed by atoms with Gasteiger partial charge >= 0.3 is 0 Å². The van der Waals surface area contributed by atoms with Crippen LogP contribution in [0.3, 0.4) is 0 Å². The van der Waals surface area contributed by atoms with Gasteiger partial charge in [0.1, 0.15) is 11.4 Å². The summed E-state index contributed by atoms with van der Waals surface area (Å²) in [5.41, 5.74) is -1.27. The van der Waals surface area contributed by atoms with E-state index in [1.54, 1.807) is 6.20 Å². The second-order valence-corrected chi connectivity index (χ2v) is 6.58. The molecule has 0 unspecified atom stereocenters. The second kappa shape index (κ2) is 4.69. The molecule has 0 bridgehead atoms. The van der Waals surface area contributed by atoms with Crippen LogP contribution in [0.15, 0.2) is 24.4 Å². The number of rotatable bonds is 2. The van der Waals surface area contributed by atoms with Gasteiger partial charge in [-0.1, -0.05) is 6.07 Å². The summed E-state index contributed by atoms with van der Waals surface area (Å²) in [6.45, 7) is 4.29. The average molecular weight is 278 g/mol. The number of fused-ring (bicyclic) bond motifs is 1. The largest absolute Gasteiger partial charge is 0.391 e. The van der Waals surface area contributed by atoms with Crippen LogP contribution in [0.5, 0.6) is 0 Å². The summed E-state index contributed by atoms with van der Waals surface area (Å²) in [4.78, 5) is 4.20. The van der Waals surface area contributed by atoms with Crippen LogP contribution >= 0.6 is 0 Å². The van der Waals surface area contributed by atoms with E-state index in [0.29, 0.717) is 12.2 Å². The Morgan fingerprint density at radius 3 is 2.90 bits per heavy atom. The summed E-state index contributed by atoms with van der Waals surface area (Å²) < 4.78 is 5.78. The fraction of sp³-hybridized carbons (Fsp3) is 0.667. The highest BCUT2D eigenvalue weighted by molar-refractivity contribution is 5.37. The highest BCUT2D eigenvalue weighted by atomic mass is 16.5. The number of aliphatic hydroxyl groups is 2. The molecule has 2 heterocycles. The number of nitrogens with zero attached hydrogens (tertiary/aromatic N) is 1. The minimum Gasteiger partial charge on any atom is -0.391 e. The predicted molar refractivity (Wildman–Crippen MR) is 75.4 cm³/mol. The van der Waals surface area contributed by atoms with Gasteiger partial charge in [0, 0.05) is 6.20 Å². The van der Waals surface area contributed by atoms with Crippen LogP contribution in [0.2, 0.25) is 0 Å². The van der Waals surface area contributed by atoms with Crippen molar-refractivity contribution < 1.29 is 14.9 Å². The van der Waals surface area contributed by atoms with E-state index in [9.17, 15) is 10.2 Å². The number of anilines is 1. The molecule has 1 aromatic heterocycles. The van der Waals surface area contributed by atoms with Gasteiger partial charge in [-0.05, 0) is 44.7 Å². The molecule has 20 heavy (non-hydrogen) atoms. The van der Waals surface area contributed by atoms with Gasteiger partial charge in [0.25, 0.3) is 0 Å². The molecule has 1 aromatic rings. The lowest BCUT2D eigenvalue weighted by atomic mass is 9.79. The van der Waals surface area contributed by atoms with Crippen LogP contribution in [0.1, 0.15) is 26.7 Å². The Morgan fingerprint density at radius 2 is 2.20 bits per heavy atom. The van der Waals surface area contributed by atoms with Gasteiger partial charge < -0.3 is 20.3 Å². The zero-order valence-corrected chi connectivity index (χ0v) is 11.9. The Hall–Kier alpha value is -1.17. The highest BCUT2D eigenvalue weighted by Gasteiger charge is 2.58. The van der Waals surface area contributed by atoms with E-state index < -0.39 is 17.7 Å². The van der Waals surface area contributed by atoms with Gasteiger partial charge in [-0.25, -0.2) is 4.98 Å². The molecule has 1 aliphatic carbocycles. The molecule has 2 fully saturated rings. The van der Waals surface area contributed by atoms with Crippen LogP contribution < -0.4 is 5.32 Å². The molecule has 0 radical (unpaired) electrons. The Kier molecular flexibility index (Phi) is 3.23. The SMILES string of the molecule is CC1(C)C[C@H]2C[C@@H](O)[C@H](Nc3ccccn3)[C@]2(O)CO1. The number of hydrogen-bond acceptors (Lipinski definition) is 5. The lowest BCUT2D eigenvalue weighted by Crippen LogP contribution is -2.58. The zero-order valence-electron chi connectivity index (χ0n) is 11.9. The fourth-order valence-electron chi connectivity index (χ4n) is 3.48.